The molecular weight excluding hydrogens is 362 g/mol. The van der Waals surface area contributed by atoms with Gasteiger partial charge in [-0.15, -0.1) is 0 Å². The highest BCUT2D eigenvalue weighted by molar-refractivity contribution is 7.89. The Morgan fingerprint density at radius 2 is 1.96 bits per heavy atom. The molecule has 3 heterocycles. The minimum atomic E-state index is -3.54. The van der Waals surface area contributed by atoms with Crippen LogP contribution in [0.2, 0.25) is 0 Å². The van der Waals surface area contributed by atoms with Gasteiger partial charge in [0.1, 0.15) is 0 Å². The second kappa shape index (κ2) is 7.47. The van der Waals surface area contributed by atoms with Crippen LogP contribution in [0.5, 0.6) is 0 Å². The number of benzene rings is 1. The second-order valence-corrected chi connectivity index (χ2v) is 9.60. The standard InChI is InChI=1S/C20H27N3O3S/c1-15-12-22(13-16(2)26-15)14-18-6-4-10-23(18)27(24,25)20-7-3-5-17-11-21-9-8-19(17)20/h3,5,7-9,11,15-16,18H,4,6,10,12-14H2,1-2H3. The topological polar surface area (TPSA) is 62.7 Å². The lowest BCUT2D eigenvalue weighted by atomic mass is 10.1. The molecule has 0 spiro atoms. The summed E-state index contributed by atoms with van der Waals surface area (Å²) in [7, 11) is -3.54. The maximum absolute atomic E-state index is 13.5. The van der Waals surface area contributed by atoms with Crippen molar-refractivity contribution in [2.75, 3.05) is 26.2 Å². The number of fused-ring (bicyclic) bond motifs is 1. The summed E-state index contributed by atoms with van der Waals surface area (Å²) in [5.74, 6) is 0. The molecule has 0 saturated carbocycles. The Balaban J connectivity index is 1.60. The third-order valence-electron chi connectivity index (χ3n) is 5.51. The number of nitrogens with zero attached hydrogens (tertiary/aromatic N) is 3. The van der Waals surface area contributed by atoms with Gasteiger partial charge < -0.3 is 4.74 Å². The summed E-state index contributed by atoms with van der Waals surface area (Å²) in [4.78, 5) is 6.85. The van der Waals surface area contributed by atoms with Crippen molar-refractivity contribution < 1.29 is 13.2 Å². The minimum absolute atomic E-state index is 0.0181. The first-order valence-corrected chi connectivity index (χ1v) is 11.1. The van der Waals surface area contributed by atoms with Gasteiger partial charge in [0.05, 0.1) is 17.1 Å². The molecule has 3 unspecified atom stereocenters. The predicted molar refractivity (Wildman–Crippen MR) is 105 cm³/mol. The van der Waals surface area contributed by atoms with Gasteiger partial charge in [0.2, 0.25) is 10.0 Å². The van der Waals surface area contributed by atoms with E-state index in [1.807, 2.05) is 6.07 Å². The van der Waals surface area contributed by atoms with E-state index in [0.717, 1.165) is 43.2 Å². The maximum atomic E-state index is 13.5. The Morgan fingerprint density at radius 1 is 1.19 bits per heavy atom. The van der Waals surface area contributed by atoms with E-state index in [9.17, 15) is 8.42 Å². The van der Waals surface area contributed by atoms with Gasteiger partial charge in [-0.2, -0.15) is 4.31 Å². The quantitative estimate of drug-likeness (QED) is 0.804. The number of hydrogen-bond donors (Lipinski definition) is 0. The van der Waals surface area contributed by atoms with Crippen molar-refractivity contribution >= 4 is 20.8 Å². The monoisotopic (exact) mass is 389 g/mol. The number of morpholine rings is 1. The number of sulfonamides is 1. The molecule has 4 rings (SSSR count). The Hall–Kier alpha value is -1.54. The molecular formula is C20H27N3O3S. The number of ether oxygens (including phenoxy) is 1. The molecule has 7 heteroatoms. The lowest BCUT2D eigenvalue weighted by Gasteiger charge is -2.38. The van der Waals surface area contributed by atoms with Crippen molar-refractivity contribution in [2.24, 2.45) is 0 Å². The molecule has 1 aromatic carbocycles. The van der Waals surface area contributed by atoms with Gasteiger partial charge in [-0.1, -0.05) is 12.1 Å². The van der Waals surface area contributed by atoms with Gasteiger partial charge in [-0.3, -0.25) is 9.88 Å². The molecule has 2 aromatic rings. The summed E-state index contributed by atoms with van der Waals surface area (Å²) >= 11 is 0. The molecule has 6 nitrogen and oxygen atoms in total. The fraction of sp³-hybridized carbons (Fsp3) is 0.550. The molecule has 0 bridgehead atoms. The first-order chi connectivity index (χ1) is 12.9. The fourth-order valence-corrected chi connectivity index (χ4v) is 6.38. The fourth-order valence-electron chi connectivity index (χ4n) is 4.48. The molecule has 2 aliphatic heterocycles. The summed E-state index contributed by atoms with van der Waals surface area (Å²) in [5.41, 5.74) is 0. The van der Waals surface area contributed by atoms with Gasteiger partial charge >= 0.3 is 0 Å². The highest BCUT2D eigenvalue weighted by Gasteiger charge is 2.37. The third-order valence-corrected chi connectivity index (χ3v) is 7.52. The largest absolute Gasteiger partial charge is 0.373 e. The van der Waals surface area contributed by atoms with Crippen LogP contribution < -0.4 is 0 Å². The summed E-state index contributed by atoms with van der Waals surface area (Å²) in [5, 5.41) is 1.59. The summed E-state index contributed by atoms with van der Waals surface area (Å²) in [6.45, 7) is 7.22. The van der Waals surface area contributed by atoms with Crippen LogP contribution in [-0.2, 0) is 14.8 Å². The molecule has 0 N–H and O–H groups in total. The van der Waals surface area contributed by atoms with Gasteiger partial charge in [0, 0.05) is 55.4 Å². The van der Waals surface area contributed by atoms with Gasteiger partial charge in [0.15, 0.2) is 0 Å². The van der Waals surface area contributed by atoms with E-state index in [1.54, 1.807) is 34.9 Å². The van der Waals surface area contributed by atoms with Gasteiger partial charge in [0.25, 0.3) is 0 Å². The van der Waals surface area contributed by atoms with Crippen LogP contribution in [0, 0.1) is 0 Å². The zero-order chi connectivity index (χ0) is 19.0. The summed E-state index contributed by atoms with van der Waals surface area (Å²) in [6.07, 6.45) is 5.56. The van der Waals surface area contributed by atoms with Crippen molar-refractivity contribution in [3.05, 3.63) is 36.7 Å². The SMILES string of the molecule is CC1CN(CC2CCCN2S(=O)(=O)c2cccc3cnccc23)CC(C)O1. The van der Waals surface area contributed by atoms with Crippen LogP contribution in [0.4, 0.5) is 0 Å². The van der Waals surface area contributed by atoms with Crippen LogP contribution in [0.1, 0.15) is 26.7 Å². The molecule has 3 atom stereocenters. The van der Waals surface area contributed by atoms with E-state index in [-0.39, 0.29) is 18.2 Å². The molecule has 0 aliphatic carbocycles. The number of aromatic nitrogens is 1. The average Bonchev–Trinajstić information content (AvgIpc) is 3.09. The Bertz CT molecular complexity index is 902. The van der Waals surface area contributed by atoms with Crippen LogP contribution >= 0.6 is 0 Å². The van der Waals surface area contributed by atoms with Crippen molar-refractivity contribution in [1.29, 1.82) is 0 Å². The highest BCUT2D eigenvalue weighted by Crippen LogP contribution is 2.31. The maximum Gasteiger partial charge on any atom is 0.243 e. The van der Waals surface area contributed by atoms with Gasteiger partial charge in [-0.25, -0.2) is 8.42 Å². The zero-order valence-corrected chi connectivity index (χ0v) is 16.7. The van der Waals surface area contributed by atoms with E-state index in [2.05, 4.69) is 23.7 Å². The van der Waals surface area contributed by atoms with Crippen LogP contribution in [0.25, 0.3) is 10.8 Å². The Kier molecular flexibility index (Phi) is 5.20. The Labute approximate surface area is 161 Å². The number of rotatable bonds is 4. The molecule has 2 aliphatic rings. The van der Waals surface area contributed by atoms with E-state index >= 15 is 0 Å². The molecule has 0 amide bonds. The van der Waals surface area contributed by atoms with Crippen molar-refractivity contribution in [3.63, 3.8) is 0 Å². The van der Waals surface area contributed by atoms with Crippen molar-refractivity contribution in [1.82, 2.24) is 14.2 Å². The van der Waals surface area contributed by atoms with Crippen molar-refractivity contribution in [3.8, 4) is 0 Å². The first-order valence-electron chi connectivity index (χ1n) is 9.67. The lowest BCUT2D eigenvalue weighted by molar-refractivity contribution is -0.0707. The third kappa shape index (κ3) is 3.74. The zero-order valence-electron chi connectivity index (χ0n) is 15.9. The number of pyridine rings is 1. The highest BCUT2D eigenvalue weighted by atomic mass is 32.2. The molecule has 0 radical (unpaired) electrons. The normalized spacial score (nSPS) is 28.0. The smallest absolute Gasteiger partial charge is 0.243 e. The van der Waals surface area contributed by atoms with E-state index in [4.69, 9.17) is 4.74 Å². The van der Waals surface area contributed by atoms with Crippen LogP contribution in [0.15, 0.2) is 41.6 Å². The Morgan fingerprint density at radius 3 is 2.74 bits per heavy atom. The van der Waals surface area contributed by atoms with E-state index < -0.39 is 10.0 Å². The first kappa shape index (κ1) is 18.8. The van der Waals surface area contributed by atoms with E-state index in [1.165, 1.54) is 0 Å². The van der Waals surface area contributed by atoms with Crippen molar-refractivity contribution in [2.45, 2.75) is 49.8 Å². The van der Waals surface area contributed by atoms with E-state index in [0.29, 0.717) is 11.4 Å². The van der Waals surface area contributed by atoms with Gasteiger partial charge in [-0.05, 0) is 38.8 Å². The number of hydrogen-bond acceptors (Lipinski definition) is 5. The predicted octanol–water partition coefficient (Wildman–Crippen LogP) is 2.50. The van der Waals surface area contributed by atoms with Crippen LogP contribution in [0.3, 0.4) is 0 Å². The molecule has 1 aromatic heterocycles. The minimum Gasteiger partial charge on any atom is -0.373 e. The molecule has 27 heavy (non-hydrogen) atoms. The average molecular weight is 390 g/mol. The molecule has 2 saturated heterocycles. The summed E-state index contributed by atoms with van der Waals surface area (Å²) in [6, 6.07) is 7.22. The molecule has 2 fully saturated rings. The molecule has 146 valence electrons. The van der Waals surface area contributed by atoms with Crippen LogP contribution in [-0.4, -0.2) is 67.0 Å². The second-order valence-electron chi connectivity index (χ2n) is 7.74. The lowest BCUT2D eigenvalue weighted by Crippen LogP contribution is -2.50. The summed E-state index contributed by atoms with van der Waals surface area (Å²) < 4.78 is 34.5.